The van der Waals surface area contributed by atoms with Crippen LogP contribution in [0, 0.1) is 17.8 Å². The quantitative estimate of drug-likeness (QED) is 0.475. The van der Waals surface area contributed by atoms with E-state index < -0.39 is 17.7 Å². The highest BCUT2D eigenvalue weighted by Crippen LogP contribution is 2.38. The van der Waals surface area contributed by atoms with Gasteiger partial charge >= 0.3 is 12.1 Å². The van der Waals surface area contributed by atoms with Gasteiger partial charge in [-0.05, 0) is 80.6 Å². The Morgan fingerprint density at radius 2 is 1.73 bits per heavy atom. The van der Waals surface area contributed by atoms with E-state index in [2.05, 4.69) is 25.7 Å². The first kappa shape index (κ1) is 27.6. The van der Waals surface area contributed by atoms with Crippen molar-refractivity contribution >= 4 is 5.97 Å². The molecule has 2 aliphatic rings. The molecule has 0 radical (unpaired) electrons. The first-order chi connectivity index (χ1) is 15.6. The maximum Gasteiger partial charge on any atom is 0.416 e. The Morgan fingerprint density at radius 1 is 1.12 bits per heavy atom. The molecule has 1 aromatic carbocycles. The van der Waals surface area contributed by atoms with Crippen molar-refractivity contribution in [3.63, 3.8) is 0 Å². The van der Waals surface area contributed by atoms with Crippen LogP contribution in [-0.2, 0) is 15.7 Å². The molecule has 0 bridgehead atoms. The molecule has 2 saturated heterocycles. The lowest BCUT2D eigenvalue weighted by Gasteiger charge is -2.40. The molecule has 4 nitrogen and oxygen atoms in total. The number of carboxylic acids is 1. The summed E-state index contributed by atoms with van der Waals surface area (Å²) >= 11 is 0. The van der Waals surface area contributed by atoms with E-state index in [1.54, 1.807) is 12.1 Å². The van der Waals surface area contributed by atoms with Crippen molar-refractivity contribution in [2.45, 2.75) is 77.9 Å². The van der Waals surface area contributed by atoms with E-state index >= 15 is 0 Å². The first-order valence-electron chi connectivity index (χ1n) is 12.3. The van der Waals surface area contributed by atoms with Crippen molar-refractivity contribution in [2.24, 2.45) is 17.8 Å². The molecule has 2 fully saturated rings. The van der Waals surface area contributed by atoms with Gasteiger partial charge in [-0.1, -0.05) is 39.3 Å². The zero-order valence-corrected chi connectivity index (χ0v) is 20.2. The normalized spacial score (nSPS) is 22.6. The number of hydrogen-bond donors (Lipinski definition) is 1. The van der Waals surface area contributed by atoms with Crippen molar-refractivity contribution in [2.75, 3.05) is 26.3 Å². The standard InChI is InChI=1S/C21H28F3NO3.C5H12/c22-21(23,24)18-3-1-17(2-4-18)19-13-16(14-20(26)27)6-10-25(19)9-5-15-7-11-28-12-8-15;1-4-5(2)3/h1-4,15-16,19H,5-14H2,(H,26,27);5H,4H2,1-3H3. The van der Waals surface area contributed by atoms with Gasteiger partial charge in [0.25, 0.3) is 0 Å². The van der Waals surface area contributed by atoms with E-state index in [0.717, 1.165) is 75.6 Å². The average molecular weight is 472 g/mol. The van der Waals surface area contributed by atoms with Crippen LogP contribution in [0.25, 0.3) is 0 Å². The summed E-state index contributed by atoms with van der Waals surface area (Å²) in [6.45, 7) is 9.91. The molecule has 2 atom stereocenters. The number of carboxylic acid groups (broad SMARTS) is 1. The molecule has 1 aromatic rings. The van der Waals surface area contributed by atoms with Crippen molar-refractivity contribution in [1.82, 2.24) is 4.90 Å². The van der Waals surface area contributed by atoms with E-state index in [-0.39, 0.29) is 18.4 Å². The molecule has 2 heterocycles. The Hall–Kier alpha value is -1.60. The number of ether oxygens (including phenoxy) is 1. The Labute approximate surface area is 196 Å². The fourth-order valence-corrected chi connectivity index (χ4v) is 4.41. The Bertz CT molecular complexity index is 700. The lowest BCUT2D eigenvalue weighted by atomic mass is 9.84. The first-order valence-corrected chi connectivity index (χ1v) is 12.3. The molecule has 0 spiro atoms. The van der Waals surface area contributed by atoms with E-state index in [4.69, 9.17) is 9.84 Å². The number of piperidine rings is 1. The van der Waals surface area contributed by atoms with Crippen LogP contribution in [-0.4, -0.2) is 42.3 Å². The van der Waals surface area contributed by atoms with Crippen LogP contribution < -0.4 is 0 Å². The molecule has 2 aliphatic heterocycles. The molecule has 33 heavy (non-hydrogen) atoms. The maximum absolute atomic E-state index is 12.9. The van der Waals surface area contributed by atoms with Crippen molar-refractivity contribution < 1.29 is 27.8 Å². The van der Waals surface area contributed by atoms with E-state index in [1.807, 2.05) is 0 Å². The number of alkyl halides is 3. The molecule has 7 heteroatoms. The van der Waals surface area contributed by atoms with Gasteiger partial charge in [0.2, 0.25) is 0 Å². The molecule has 1 N–H and O–H groups in total. The number of aliphatic carboxylic acids is 1. The minimum atomic E-state index is -4.35. The van der Waals surface area contributed by atoms with E-state index in [9.17, 15) is 18.0 Å². The fraction of sp³-hybridized carbons (Fsp3) is 0.731. The third kappa shape index (κ3) is 9.65. The van der Waals surface area contributed by atoms with Crippen molar-refractivity contribution in [3.05, 3.63) is 35.4 Å². The molecular formula is C26H40F3NO3. The van der Waals surface area contributed by atoms with Crippen LogP contribution in [0.1, 0.15) is 82.9 Å². The van der Waals surface area contributed by atoms with Gasteiger partial charge in [0.05, 0.1) is 5.56 Å². The van der Waals surface area contributed by atoms with Crippen LogP contribution in [0.4, 0.5) is 13.2 Å². The second-order valence-corrected chi connectivity index (χ2v) is 9.81. The number of halogens is 3. The highest BCUT2D eigenvalue weighted by Gasteiger charge is 2.33. The summed E-state index contributed by atoms with van der Waals surface area (Å²) in [5.74, 6) is 0.754. The number of likely N-dealkylation sites (tertiary alicyclic amines) is 1. The second kappa shape index (κ2) is 13.3. The minimum Gasteiger partial charge on any atom is -0.481 e. The van der Waals surface area contributed by atoms with Crippen LogP contribution in [0.15, 0.2) is 24.3 Å². The van der Waals surface area contributed by atoms with Crippen LogP contribution >= 0.6 is 0 Å². The van der Waals surface area contributed by atoms with Gasteiger partial charge < -0.3 is 9.84 Å². The number of carbonyl (C=O) groups is 1. The predicted octanol–water partition coefficient (Wildman–Crippen LogP) is 6.80. The lowest BCUT2D eigenvalue weighted by Crippen LogP contribution is -2.39. The van der Waals surface area contributed by atoms with Gasteiger partial charge in [-0.3, -0.25) is 9.69 Å². The second-order valence-electron chi connectivity index (χ2n) is 9.81. The summed E-state index contributed by atoms with van der Waals surface area (Å²) in [6.07, 6.45) is 1.72. The summed E-state index contributed by atoms with van der Waals surface area (Å²) < 4.78 is 44.1. The van der Waals surface area contributed by atoms with E-state index in [1.165, 1.54) is 6.42 Å². The van der Waals surface area contributed by atoms with Crippen LogP contribution in [0.2, 0.25) is 0 Å². The molecule has 0 amide bonds. The fourth-order valence-electron chi connectivity index (χ4n) is 4.41. The van der Waals surface area contributed by atoms with E-state index in [0.29, 0.717) is 12.3 Å². The zero-order valence-electron chi connectivity index (χ0n) is 20.2. The third-order valence-electron chi connectivity index (χ3n) is 6.89. The molecule has 0 aliphatic carbocycles. The Balaban J connectivity index is 0.000000696. The lowest BCUT2D eigenvalue weighted by molar-refractivity contribution is -0.139. The number of rotatable bonds is 7. The molecule has 3 rings (SSSR count). The molecular weight excluding hydrogens is 431 g/mol. The van der Waals surface area contributed by atoms with Crippen LogP contribution in [0.5, 0.6) is 0 Å². The summed E-state index contributed by atoms with van der Waals surface area (Å²) in [5.41, 5.74) is 0.193. The monoisotopic (exact) mass is 471 g/mol. The van der Waals surface area contributed by atoms with Gasteiger partial charge in [-0.2, -0.15) is 13.2 Å². The highest BCUT2D eigenvalue weighted by atomic mass is 19.4. The summed E-state index contributed by atoms with van der Waals surface area (Å²) in [5, 5.41) is 9.14. The summed E-state index contributed by atoms with van der Waals surface area (Å²) in [7, 11) is 0. The van der Waals surface area contributed by atoms with Gasteiger partial charge in [0.1, 0.15) is 0 Å². The number of nitrogens with zero attached hydrogens (tertiary/aromatic N) is 1. The highest BCUT2D eigenvalue weighted by molar-refractivity contribution is 5.67. The summed E-state index contributed by atoms with van der Waals surface area (Å²) in [6, 6.07) is 5.34. The smallest absolute Gasteiger partial charge is 0.416 e. The molecule has 0 saturated carbocycles. The molecule has 188 valence electrons. The Morgan fingerprint density at radius 3 is 2.24 bits per heavy atom. The number of hydrogen-bond acceptors (Lipinski definition) is 3. The van der Waals surface area contributed by atoms with Gasteiger partial charge in [-0.15, -0.1) is 0 Å². The minimum absolute atomic E-state index is 0.0276. The van der Waals surface area contributed by atoms with Gasteiger partial charge in [0, 0.05) is 25.7 Å². The molecule has 2 unspecified atom stereocenters. The largest absolute Gasteiger partial charge is 0.481 e. The SMILES string of the molecule is CCC(C)C.O=C(O)CC1CCN(CCC2CCOCC2)C(c2ccc(C(F)(F)F)cc2)C1. The maximum atomic E-state index is 12.9. The average Bonchev–Trinajstić information content (AvgIpc) is 2.78. The van der Waals surface area contributed by atoms with Gasteiger partial charge in [-0.25, -0.2) is 0 Å². The zero-order chi connectivity index (χ0) is 24.4. The molecule has 0 aromatic heterocycles. The van der Waals surface area contributed by atoms with Crippen LogP contribution in [0.3, 0.4) is 0 Å². The third-order valence-corrected chi connectivity index (χ3v) is 6.89. The van der Waals surface area contributed by atoms with Crippen molar-refractivity contribution in [3.8, 4) is 0 Å². The summed E-state index contributed by atoms with van der Waals surface area (Å²) in [4.78, 5) is 13.5. The predicted molar refractivity (Wildman–Crippen MR) is 124 cm³/mol. The number of benzene rings is 1. The Kier molecular flexibility index (Phi) is 11.2. The van der Waals surface area contributed by atoms with Gasteiger partial charge in [0.15, 0.2) is 0 Å². The van der Waals surface area contributed by atoms with Crippen molar-refractivity contribution in [1.29, 1.82) is 0 Å². The topological polar surface area (TPSA) is 49.8 Å².